The number of anilines is 2. The number of nitrogens with one attached hydrogen (secondary N) is 2. The summed E-state index contributed by atoms with van der Waals surface area (Å²) in [6.45, 7) is 7.14. The number of hydrogen-bond acceptors (Lipinski definition) is 5. The number of carbonyl (C=O) groups is 1. The molecule has 0 bridgehead atoms. The van der Waals surface area contributed by atoms with Gasteiger partial charge in [-0.05, 0) is 42.9 Å². The molecule has 4 aromatic rings. The summed E-state index contributed by atoms with van der Waals surface area (Å²) >= 11 is 1.68. The van der Waals surface area contributed by atoms with E-state index in [1.165, 1.54) is 21.6 Å². The summed E-state index contributed by atoms with van der Waals surface area (Å²) < 4.78 is 0. The van der Waals surface area contributed by atoms with E-state index in [0.717, 1.165) is 28.1 Å². The SMILES string of the molecule is CCC(C)c1ccccc1NC(=O)CCCNc1ncnc2sc(C)c(-c3ccccc3)c12. The van der Waals surface area contributed by atoms with Gasteiger partial charge in [-0.2, -0.15) is 0 Å². The predicted molar refractivity (Wildman–Crippen MR) is 139 cm³/mol. The average Bonchev–Trinajstić information content (AvgIpc) is 3.18. The number of fused-ring (bicyclic) bond motifs is 1. The number of carbonyl (C=O) groups excluding carboxylic acids is 1. The van der Waals surface area contributed by atoms with Gasteiger partial charge in [0.15, 0.2) is 0 Å². The summed E-state index contributed by atoms with van der Waals surface area (Å²) in [5, 5.41) is 7.60. The van der Waals surface area contributed by atoms with Gasteiger partial charge in [-0.15, -0.1) is 11.3 Å². The molecule has 1 amide bonds. The highest BCUT2D eigenvalue weighted by atomic mass is 32.1. The lowest BCUT2D eigenvalue weighted by Gasteiger charge is -2.15. The fourth-order valence-electron chi connectivity index (χ4n) is 4.06. The van der Waals surface area contributed by atoms with Gasteiger partial charge in [-0.1, -0.05) is 62.4 Å². The van der Waals surface area contributed by atoms with Crippen LogP contribution in [0, 0.1) is 6.92 Å². The Morgan fingerprint density at radius 2 is 1.82 bits per heavy atom. The van der Waals surface area contributed by atoms with Crippen molar-refractivity contribution in [3.63, 3.8) is 0 Å². The van der Waals surface area contributed by atoms with E-state index in [0.29, 0.717) is 25.3 Å². The second kappa shape index (κ2) is 10.6. The minimum Gasteiger partial charge on any atom is -0.369 e. The first-order valence-corrected chi connectivity index (χ1v) is 12.3. The lowest BCUT2D eigenvalue weighted by Crippen LogP contribution is -2.15. The molecule has 2 heterocycles. The Hall–Kier alpha value is -3.25. The van der Waals surface area contributed by atoms with Crippen LogP contribution in [0.1, 0.15) is 49.5 Å². The fourth-order valence-corrected chi connectivity index (χ4v) is 5.07. The monoisotopic (exact) mass is 458 g/mol. The summed E-state index contributed by atoms with van der Waals surface area (Å²) in [4.78, 5) is 23.8. The van der Waals surface area contributed by atoms with E-state index in [2.05, 4.69) is 59.6 Å². The lowest BCUT2D eigenvalue weighted by molar-refractivity contribution is -0.116. The van der Waals surface area contributed by atoms with E-state index in [9.17, 15) is 4.79 Å². The molecule has 4 rings (SSSR count). The summed E-state index contributed by atoms with van der Waals surface area (Å²) in [6, 6.07) is 18.4. The highest BCUT2D eigenvalue weighted by molar-refractivity contribution is 7.19. The molecule has 0 spiro atoms. The highest BCUT2D eigenvalue weighted by Gasteiger charge is 2.16. The Balaban J connectivity index is 1.41. The van der Waals surface area contributed by atoms with Crippen LogP contribution in [0.2, 0.25) is 0 Å². The largest absolute Gasteiger partial charge is 0.369 e. The van der Waals surface area contributed by atoms with E-state index in [1.54, 1.807) is 17.7 Å². The molecule has 0 aliphatic carbocycles. The van der Waals surface area contributed by atoms with Gasteiger partial charge < -0.3 is 10.6 Å². The fraction of sp³-hybridized carbons (Fsp3) is 0.296. The first-order chi connectivity index (χ1) is 16.1. The van der Waals surface area contributed by atoms with Crippen LogP contribution in [0.15, 0.2) is 60.9 Å². The van der Waals surface area contributed by atoms with Crippen molar-refractivity contribution in [3.05, 3.63) is 71.4 Å². The van der Waals surface area contributed by atoms with Crippen LogP contribution in [-0.4, -0.2) is 22.4 Å². The van der Waals surface area contributed by atoms with Gasteiger partial charge in [-0.3, -0.25) is 4.79 Å². The van der Waals surface area contributed by atoms with Gasteiger partial charge >= 0.3 is 0 Å². The second-order valence-electron chi connectivity index (χ2n) is 8.28. The van der Waals surface area contributed by atoms with Crippen molar-refractivity contribution in [1.29, 1.82) is 0 Å². The minimum absolute atomic E-state index is 0.0386. The lowest BCUT2D eigenvalue weighted by atomic mass is 9.97. The van der Waals surface area contributed by atoms with Crippen molar-refractivity contribution in [2.75, 3.05) is 17.2 Å². The molecule has 33 heavy (non-hydrogen) atoms. The van der Waals surface area contributed by atoms with Crippen LogP contribution in [0.25, 0.3) is 21.3 Å². The molecule has 170 valence electrons. The Bertz CT molecular complexity index is 1240. The van der Waals surface area contributed by atoms with Gasteiger partial charge in [0.1, 0.15) is 17.0 Å². The zero-order chi connectivity index (χ0) is 23.2. The summed E-state index contributed by atoms with van der Waals surface area (Å²) in [6.07, 6.45) is 3.81. The van der Waals surface area contributed by atoms with Crippen molar-refractivity contribution in [2.45, 2.75) is 46.0 Å². The molecular weight excluding hydrogens is 428 g/mol. The standard InChI is InChI=1S/C27H30N4OS/c1-4-18(2)21-13-8-9-14-22(21)31-23(32)15-10-16-28-26-25-24(20-11-6-5-7-12-20)19(3)33-27(25)30-17-29-26/h5-9,11-14,17-18H,4,10,15-16H2,1-3H3,(H,31,32)(H,28,29,30). The topological polar surface area (TPSA) is 66.9 Å². The quantitative estimate of drug-likeness (QED) is 0.265. The van der Waals surface area contributed by atoms with Crippen LogP contribution in [0.4, 0.5) is 11.5 Å². The summed E-state index contributed by atoms with van der Waals surface area (Å²) in [5.74, 6) is 1.28. The first-order valence-electron chi connectivity index (χ1n) is 11.5. The molecule has 1 unspecified atom stereocenters. The average molecular weight is 459 g/mol. The molecule has 0 aliphatic heterocycles. The first kappa shape index (κ1) is 22.9. The zero-order valence-corrected chi connectivity index (χ0v) is 20.2. The molecule has 0 saturated carbocycles. The van der Waals surface area contributed by atoms with Crippen molar-refractivity contribution < 1.29 is 4.79 Å². The van der Waals surface area contributed by atoms with Crippen LogP contribution >= 0.6 is 11.3 Å². The third-order valence-corrected chi connectivity index (χ3v) is 6.99. The maximum Gasteiger partial charge on any atom is 0.224 e. The molecule has 0 aliphatic rings. The molecule has 2 aromatic heterocycles. The molecule has 1 atom stereocenters. The molecule has 5 nitrogen and oxygen atoms in total. The van der Waals surface area contributed by atoms with Crippen molar-refractivity contribution >= 4 is 39.0 Å². The van der Waals surface area contributed by atoms with E-state index in [1.807, 2.05) is 36.4 Å². The zero-order valence-electron chi connectivity index (χ0n) is 19.4. The number of nitrogens with zero attached hydrogens (tertiary/aromatic N) is 2. The van der Waals surface area contributed by atoms with Crippen LogP contribution in [0.3, 0.4) is 0 Å². The number of hydrogen-bond donors (Lipinski definition) is 2. The number of aryl methyl sites for hydroxylation is 1. The second-order valence-corrected chi connectivity index (χ2v) is 9.48. The Kier molecular flexibility index (Phi) is 7.35. The van der Waals surface area contributed by atoms with E-state index < -0.39 is 0 Å². The number of amides is 1. The summed E-state index contributed by atoms with van der Waals surface area (Å²) in [7, 11) is 0. The van der Waals surface area contributed by atoms with Gasteiger partial charge in [0.2, 0.25) is 5.91 Å². The van der Waals surface area contributed by atoms with Crippen molar-refractivity contribution in [3.8, 4) is 11.1 Å². The number of rotatable bonds is 9. The Morgan fingerprint density at radius 1 is 1.06 bits per heavy atom. The maximum atomic E-state index is 12.6. The smallest absolute Gasteiger partial charge is 0.224 e. The van der Waals surface area contributed by atoms with E-state index in [4.69, 9.17) is 0 Å². The Morgan fingerprint density at radius 3 is 2.61 bits per heavy atom. The van der Waals surface area contributed by atoms with Crippen molar-refractivity contribution in [2.24, 2.45) is 0 Å². The van der Waals surface area contributed by atoms with Crippen LogP contribution in [0.5, 0.6) is 0 Å². The number of benzene rings is 2. The molecule has 2 N–H and O–H groups in total. The number of aromatic nitrogens is 2. The third-order valence-electron chi connectivity index (χ3n) is 5.98. The Labute approximate surface area is 199 Å². The third kappa shape index (κ3) is 5.22. The molecular formula is C27H30N4OS. The minimum atomic E-state index is 0.0386. The van der Waals surface area contributed by atoms with Crippen LogP contribution in [-0.2, 0) is 4.79 Å². The highest BCUT2D eigenvalue weighted by Crippen LogP contribution is 2.40. The van der Waals surface area contributed by atoms with E-state index in [-0.39, 0.29) is 5.91 Å². The van der Waals surface area contributed by atoms with Gasteiger partial charge in [0.25, 0.3) is 0 Å². The molecule has 0 saturated heterocycles. The number of thiophene rings is 1. The molecule has 0 fully saturated rings. The number of para-hydroxylation sites is 1. The van der Waals surface area contributed by atoms with Gasteiger partial charge in [0, 0.05) is 29.1 Å². The van der Waals surface area contributed by atoms with Crippen LogP contribution < -0.4 is 10.6 Å². The predicted octanol–water partition coefficient (Wildman–Crippen LogP) is 7.01. The molecule has 6 heteroatoms. The van der Waals surface area contributed by atoms with Gasteiger partial charge in [0.05, 0.1) is 5.39 Å². The molecule has 2 aromatic carbocycles. The normalized spacial score (nSPS) is 12.0. The van der Waals surface area contributed by atoms with Gasteiger partial charge in [-0.25, -0.2) is 9.97 Å². The maximum absolute atomic E-state index is 12.6. The van der Waals surface area contributed by atoms with Crippen molar-refractivity contribution in [1.82, 2.24) is 9.97 Å². The molecule has 0 radical (unpaired) electrons. The van der Waals surface area contributed by atoms with E-state index >= 15 is 0 Å². The summed E-state index contributed by atoms with van der Waals surface area (Å²) in [5.41, 5.74) is 4.45.